The number of urea groups is 1. The lowest BCUT2D eigenvalue weighted by molar-refractivity contribution is -0.171. The Balaban J connectivity index is 1.81. The van der Waals surface area contributed by atoms with Crippen LogP contribution in [0.15, 0.2) is 48.8 Å². The minimum atomic E-state index is -5.02. The number of alkyl halides is 6. The number of benzene rings is 1. The second-order valence-electron chi connectivity index (χ2n) is 8.11. The first kappa shape index (κ1) is 26.2. The molecule has 3 aromatic rings. The van der Waals surface area contributed by atoms with Crippen LogP contribution in [0.4, 0.5) is 37.0 Å². The molecule has 0 saturated carbocycles. The van der Waals surface area contributed by atoms with Gasteiger partial charge < -0.3 is 16.0 Å². The third-order valence-corrected chi connectivity index (χ3v) is 5.71. The highest BCUT2D eigenvalue weighted by Gasteiger charge is 2.43. The van der Waals surface area contributed by atoms with Crippen molar-refractivity contribution in [3.05, 3.63) is 54.4 Å². The van der Waals surface area contributed by atoms with Crippen LogP contribution in [0.1, 0.15) is 38.3 Å². The number of nitrogen functional groups attached to an aromatic ring is 1. The average Bonchev–Trinajstić information content (AvgIpc) is 3.15. The largest absolute Gasteiger partial charge is 0.408 e. The van der Waals surface area contributed by atoms with Crippen LogP contribution >= 0.6 is 0 Å². The van der Waals surface area contributed by atoms with Crippen LogP contribution < -0.4 is 11.1 Å². The summed E-state index contributed by atoms with van der Waals surface area (Å²) in [5.41, 5.74) is 8.79. The van der Waals surface area contributed by atoms with Crippen molar-refractivity contribution in [3.8, 4) is 11.1 Å². The van der Waals surface area contributed by atoms with Crippen LogP contribution in [0.25, 0.3) is 16.8 Å². The number of hydrogen-bond acceptors (Lipinski definition) is 3. The van der Waals surface area contributed by atoms with E-state index in [4.69, 9.17) is 5.73 Å². The smallest absolute Gasteiger partial charge is 0.383 e. The summed E-state index contributed by atoms with van der Waals surface area (Å²) in [6.45, 7) is 3.25. The monoisotopic (exact) mass is 501 g/mol. The minimum absolute atomic E-state index is 0.0403. The van der Waals surface area contributed by atoms with E-state index in [2.05, 4.69) is 4.98 Å². The van der Waals surface area contributed by atoms with Gasteiger partial charge >= 0.3 is 18.4 Å². The zero-order valence-corrected chi connectivity index (χ0v) is 19.0. The topological polar surface area (TPSA) is 75.7 Å². The number of pyridine rings is 1. The van der Waals surface area contributed by atoms with Crippen molar-refractivity contribution >= 4 is 17.5 Å². The number of nitrogens with one attached hydrogen (secondary N) is 1. The fourth-order valence-corrected chi connectivity index (χ4v) is 3.78. The van der Waals surface area contributed by atoms with Gasteiger partial charge in [-0.25, -0.2) is 9.78 Å². The zero-order chi connectivity index (χ0) is 26.0. The van der Waals surface area contributed by atoms with E-state index < -0.39 is 43.3 Å². The van der Waals surface area contributed by atoms with Gasteiger partial charge in [-0.2, -0.15) is 26.3 Å². The number of anilines is 1. The third-order valence-electron chi connectivity index (χ3n) is 5.71. The number of aromatic nitrogens is 2. The Morgan fingerprint density at radius 3 is 2.49 bits per heavy atom. The molecule has 1 aromatic carbocycles. The van der Waals surface area contributed by atoms with Crippen LogP contribution in [-0.2, 0) is 0 Å². The summed E-state index contributed by atoms with van der Waals surface area (Å²) in [4.78, 5) is 18.0. The fraction of sp³-hybridized carbons (Fsp3) is 0.391. The molecule has 2 aromatic heterocycles. The van der Waals surface area contributed by atoms with Gasteiger partial charge in [0.15, 0.2) is 0 Å². The molecule has 0 saturated heterocycles. The lowest BCUT2D eigenvalue weighted by atomic mass is 10.0. The predicted molar refractivity (Wildman–Crippen MR) is 119 cm³/mol. The third kappa shape index (κ3) is 6.37. The van der Waals surface area contributed by atoms with E-state index in [0.29, 0.717) is 17.0 Å². The molecule has 35 heavy (non-hydrogen) atoms. The van der Waals surface area contributed by atoms with E-state index in [1.165, 1.54) is 6.20 Å². The number of rotatable bonds is 7. The summed E-state index contributed by atoms with van der Waals surface area (Å²) in [6.07, 6.45) is -9.42. The fourth-order valence-electron chi connectivity index (χ4n) is 3.78. The lowest BCUT2D eigenvalue weighted by Gasteiger charge is -2.31. The van der Waals surface area contributed by atoms with Gasteiger partial charge in [0.05, 0.1) is 12.2 Å². The van der Waals surface area contributed by atoms with Crippen molar-refractivity contribution in [2.45, 2.75) is 51.1 Å². The molecule has 6 nitrogen and oxygen atoms in total. The first-order chi connectivity index (χ1) is 16.3. The van der Waals surface area contributed by atoms with Gasteiger partial charge in [-0.15, -0.1) is 0 Å². The van der Waals surface area contributed by atoms with Gasteiger partial charge in [-0.3, -0.25) is 4.40 Å². The molecule has 0 fully saturated rings. The normalized spacial score (nSPS) is 14.1. The molecule has 3 rings (SSSR count). The van der Waals surface area contributed by atoms with Gasteiger partial charge in [0, 0.05) is 19.2 Å². The highest BCUT2D eigenvalue weighted by atomic mass is 19.4. The molecular weight excluding hydrogens is 476 g/mol. The van der Waals surface area contributed by atoms with Gasteiger partial charge in [0.2, 0.25) is 0 Å². The van der Waals surface area contributed by atoms with Crippen LogP contribution in [-0.4, -0.2) is 45.3 Å². The van der Waals surface area contributed by atoms with Gasteiger partial charge in [0.25, 0.3) is 0 Å². The van der Waals surface area contributed by atoms with Crippen LogP contribution in [0.3, 0.4) is 0 Å². The molecule has 1 unspecified atom stereocenters. The molecule has 0 radical (unpaired) electrons. The quantitative estimate of drug-likeness (QED) is 0.393. The summed E-state index contributed by atoms with van der Waals surface area (Å²) in [7, 11) is 0. The summed E-state index contributed by atoms with van der Waals surface area (Å²) >= 11 is 0. The number of imidazole rings is 1. The van der Waals surface area contributed by atoms with E-state index in [1.807, 2.05) is 12.1 Å². The number of carbonyl (C=O) groups excluding carboxylic acids is 1. The second kappa shape index (κ2) is 10.0. The highest BCUT2D eigenvalue weighted by molar-refractivity contribution is 5.75. The van der Waals surface area contributed by atoms with Crippen molar-refractivity contribution in [2.24, 2.45) is 0 Å². The first-order valence-electron chi connectivity index (χ1n) is 10.8. The van der Waals surface area contributed by atoms with Gasteiger partial charge in [-0.05, 0) is 55.2 Å². The first-order valence-corrected chi connectivity index (χ1v) is 10.8. The number of halogens is 6. The Hall–Kier alpha value is -3.44. The van der Waals surface area contributed by atoms with Gasteiger partial charge in [-0.1, -0.05) is 18.2 Å². The van der Waals surface area contributed by atoms with E-state index in [0.717, 1.165) is 16.0 Å². The summed E-state index contributed by atoms with van der Waals surface area (Å²) in [5.74, 6) is 0.449. The predicted octanol–water partition coefficient (Wildman–Crippen LogP) is 5.95. The molecule has 12 heteroatoms. The van der Waals surface area contributed by atoms with Crippen molar-refractivity contribution < 1.29 is 31.1 Å². The second-order valence-corrected chi connectivity index (χ2v) is 8.11. The standard InChI is InChI=1S/C23H25F6N5O/c1-3-33(21(35)32-18(23(27,28)29)9-10-22(24,25)26)14(2)15-5-4-6-16(11-15)17-7-8-20-31-12-19(30)34(20)13-17/h4-8,11-14,18H,3,9-10,30H2,1-2H3,(H,32,35)/t14-,18?/m1/s1. The number of hydrogen-bond donors (Lipinski definition) is 2. The molecule has 0 aliphatic carbocycles. The molecule has 0 spiro atoms. The van der Waals surface area contributed by atoms with Crippen molar-refractivity contribution in [1.29, 1.82) is 0 Å². The highest BCUT2D eigenvalue weighted by Crippen LogP contribution is 2.31. The molecule has 2 atom stereocenters. The number of nitrogens with two attached hydrogens (primary N) is 1. The van der Waals surface area contributed by atoms with Gasteiger partial charge in [0.1, 0.15) is 17.5 Å². The Bertz CT molecular complexity index is 1170. The maximum atomic E-state index is 13.3. The number of fused-ring (bicyclic) bond motifs is 1. The molecule has 2 amide bonds. The Labute approximate surface area is 197 Å². The van der Waals surface area contributed by atoms with E-state index in [9.17, 15) is 31.1 Å². The number of carbonyl (C=O) groups is 1. The van der Waals surface area contributed by atoms with Crippen LogP contribution in [0, 0.1) is 0 Å². The van der Waals surface area contributed by atoms with Crippen LogP contribution in [0.5, 0.6) is 0 Å². The maximum Gasteiger partial charge on any atom is 0.408 e. The van der Waals surface area contributed by atoms with E-state index >= 15 is 0 Å². The zero-order valence-electron chi connectivity index (χ0n) is 19.0. The molecule has 3 N–H and O–H groups in total. The Kier molecular flexibility index (Phi) is 7.51. The lowest BCUT2D eigenvalue weighted by Crippen LogP contribution is -2.51. The van der Waals surface area contributed by atoms with Crippen molar-refractivity contribution in [3.63, 3.8) is 0 Å². The average molecular weight is 501 g/mol. The molecule has 190 valence electrons. The summed E-state index contributed by atoms with van der Waals surface area (Å²) < 4.78 is 79.0. The molecule has 0 bridgehead atoms. The van der Waals surface area contributed by atoms with E-state index in [-0.39, 0.29) is 6.54 Å². The van der Waals surface area contributed by atoms with Crippen molar-refractivity contribution in [1.82, 2.24) is 19.6 Å². The summed E-state index contributed by atoms with van der Waals surface area (Å²) in [6, 6.07) is 6.35. The molecule has 0 aliphatic heterocycles. The Morgan fingerprint density at radius 1 is 1.14 bits per heavy atom. The maximum absolute atomic E-state index is 13.3. The molecular formula is C23H25F6N5O. The van der Waals surface area contributed by atoms with E-state index in [1.54, 1.807) is 54.0 Å². The molecule has 2 heterocycles. The SMILES string of the molecule is CCN(C(=O)NC(CCC(F)(F)F)C(F)(F)F)[C@H](C)c1cccc(-c2ccc3ncc(N)n3c2)c1. The number of amides is 2. The van der Waals surface area contributed by atoms with Crippen molar-refractivity contribution in [2.75, 3.05) is 12.3 Å². The minimum Gasteiger partial charge on any atom is -0.383 e. The molecule has 0 aliphatic rings. The summed E-state index contributed by atoms with van der Waals surface area (Å²) in [5, 5.41) is 1.74. The van der Waals surface area contributed by atoms with Crippen LogP contribution in [0.2, 0.25) is 0 Å². The Morgan fingerprint density at radius 2 is 1.86 bits per heavy atom. The number of nitrogens with zero attached hydrogens (tertiary/aromatic N) is 3.